The first-order chi connectivity index (χ1) is 9.61. The normalized spacial score (nSPS) is 25.7. The summed E-state index contributed by atoms with van der Waals surface area (Å²) < 4.78 is 0. The molecule has 0 bridgehead atoms. The summed E-state index contributed by atoms with van der Waals surface area (Å²) in [5, 5.41) is 0. The fourth-order valence-corrected chi connectivity index (χ4v) is 3.96. The van der Waals surface area contributed by atoms with E-state index in [-0.39, 0.29) is 24.4 Å². The van der Waals surface area contributed by atoms with Crippen molar-refractivity contribution in [2.45, 2.75) is 31.7 Å². The van der Waals surface area contributed by atoms with E-state index in [0.717, 1.165) is 31.2 Å². The smallest absolute Gasteiger partial charge is 0.239 e. The molecule has 0 aromatic carbocycles. The molecule has 2 unspecified atom stereocenters. The molecule has 2 rings (SSSR count). The van der Waals surface area contributed by atoms with E-state index < -0.39 is 0 Å². The van der Waals surface area contributed by atoms with Crippen molar-refractivity contribution < 1.29 is 4.79 Å². The van der Waals surface area contributed by atoms with E-state index in [1.807, 2.05) is 4.90 Å². The Balaban J connectivity index is 0.00000220. The molecular formula is C15H30ClN3OS. The number of hydrogen-bond acceptors (Lipinski definition) is 4. The second-order valence-corrected chi connectivity index (χ2v) is 7.35. The highest BCUT2D eigenvalue weighted by molar-refractivity contribution is 7.98. The fourth-order valence-electron chi connectivity index (χ4n) is 3.48. The highest BCUT2D eigenvalue weighted by Crippen LogP contribution is 2.31. The third-order valence-electron chi connectivity index (χ3n) is 4.92. The molecule has 2 fully saturated rings. The molecule has 4 nitrogen and oxygen atoms in total. The molecule has 1 amide bonds. The molecule has 0 saturated carbocycles. The SMILES string of the molecule is CSCCC(N)C(=O)N1CCC(C2CCN(C)CC2)C1.Cl. The number of likely N-dealkylation sites (tertiary alicyclic amines) is 2. The van der Waals surface area contributed by atoms with E-state index in [1.165, 1.54) is 32.4 Å². The monoisotopic (exact) mass is 335 g/mol. The summed E-state index contributed by atoms with van der Waals surface area (Å²) in [6, 6.07) is -0.293. The van der Waals surface area contributed by atoms with Gasteiger partial charge in [0.05, 0.1) is 6.04 Å². The first kappa shape index (κ1) is 19.1. The van der Waals surface area contributed by atoms with Gasteiger partial charge in [-0.2, -0.15) is 11.8 Å². The topological polar surface area (TPSA) is 49.6 Å². The highest BCUT2D eigenvalue weighted by Gasteiger charge is 2.34. The maximum atomic E-state index is 12.3. The van der Waals surface area contributed by atoms with E-state index in [9.17, 15) is 4.79 Å². The maximum absolute atomic E-state index is 12.3. The van der Waals surface area contributed by atoms with Crippen LogP contribution in [0.5, 0.6) is 0 Å². The summed E-state index contributed by atoms with van der Waals surface area (Å²) in [6.07, 6.45) is 6.62. The van der Waals surface area contributed by atoms with Gasteiger partial charge in [-0.25, -0.2) is 0 Å². The second kappa shape index (κ2) is 9.23. The quantitative estimate of drug-likeness (QED) is 0.830. The minimum Gasteiger partial charge on any atom is -0.341 e. The number of piperidine rings is 1. The van der Waals surface area contributed by atoms with Crippen molar-refractivity contribution in [3.05, 3.63) is 0 Å². The molecule has 0 aromatic rings. The highest BCUT2D eigenvalue weighted by atomic mass is 35.5. The van der Waals surface area contributed by atoms with Crippen LogP contribution in [0.25, 0.3) is 0 Å². The lowest BCUT2D eigenvalue weighted by Crippen LogP contribution is -2.43. The van der Waals surface area contributed by atoms with Crippen LogP contribution in [-0.4, -0.2) is 67.0 Å². The van der Waals surface area contributed by atoms with Gasteiger partial charge in [-0.05, 0) is 69.7 Å². The van der Waals surface area contributed by atoms with E-state index >= 15 is 0 Å². The standard InChI is InChI=1S/C15H29N3OS.ClH/c1-17-7-3-12(4-8-17)13-5-9-18(11-13)15(19)14(16)6-10-20-2;/h12-14H,3-11,16H2,1-2H3;1H. The number of halogens is 1. The van der Waals surface area contributed by atoms with Gasteiger partial charge in [0.15, 0.2) is 0 Å². The van der Waals surface area contributed by atoms with Crippen molar-refractivity contribution in [1.29, 1.82) is 0 Å². The average molecular weight is 336 g/mol. The van der Waals surface area contributed by atoms with Crippen LogP contribution in [0.15, 0.2) is 0 Å². The number of rotatable bonds is 5. The summed E-state index contributed by atoms with van der Waals surface area (Å²) in [7, 11) is 2.20. The van der Waals surface area contributed by atoms with Crippen LogP contribution in [-0.2, 0) is 4.79 Å². The largest absolute Gasteiger partial charge is 0.341 e. The molecule has 2 saturated heterocycles. The van der Waals surface area contributed by atoms with Crippen molar-refractivity contribution in [3.63, 3.8) is 0 Å². The van der Waals surface area contributed by atoms with Crippen LogP contribution >= 0.6 is 24.2 Å². The minimum atomic E-state index is -0.293. The lowest BCUT2D eigenvalue weighted by atomic mass is 9.84. The molecule has 2 aliphatic heterocycles. The zero-order valence-electron chi connectivity index (χ0n) is 13.3. The van der Waals surface area contributed by atoms with E-state index in [2.05, 4.69) is 18.2 Å². The molecule has 124 valence electrons. The predicted molar refractivity (Wildman–Crippen MR) is 93.1 cm³/mol. The van der Waals surface area contributed by atoms with Crippen LogP contribution in [0, 0.1) is 11.8 Å². The third-order valence-corrected chi connectivity index (χ3v) is 5.56. The van der Waals surface area contributed by atoms with Gasteiger partial charge < -0.3 is 15.5 Å². The van der Waals surface area contributed by atoms with Crippen LogP contribution < -0.4 is 5.73 Å². The van der Waals surface area contributed by atoms with Crippen LogP contribution in [0.2, 0.25) is 0 Å². The van der Waals surface area contributed by atoms with E-state index in [0.29, 0.717) is 5.92 Å². The number of thioether (sulfide) groups is 1. The Hall–Kier alpha value is 0.0300. The molecule has 0 spiro atoms. The molecule has 2 atom stereocenters. The molecule has 0 aliphatic carbocycles. The molecule has 21 heavy (non-hydrogen) atoms. The summed E-state index contributed by atoms with van der Waals surface area (Å²) in [6.45, 7) is 4.29. The van der Waals surface area contributed by atoms with Crippen molar-refractivity contribution in [3.8, 4) is 0 Å². The Morgan fingerprint density at radius 1 is 1.24 bits per heavy atom. The average Bonchev–Trinajstić information content (AvgIpc) is 2.94. The number of carbonyl (C=O) groups is 1. The minimum absolute atomic E-state index is 0. The zero-order valence-corrected chi connectivity index (χ0v) is 14.9. The van der Waals surface area contributed by atoms with Gasteiger partial charge in [0.2, 0.25) is 5.91 Å². The molecule has 6 heteroatoms. The maximum Gasteiger partial charge on any atom is 0.239 e. The second-order valence-electron chi connectivity index (χ2n) is 6.36. The lowest BCUT2D eigenvalue weighted by molar-refractivity contribution is -0.131. The third kappa shape index (κ3) is 5.31. The summed E-state index contributed by atoms with van der Waals surface area (Å²) >= 11 is 1.76. The van der Waals surface area contributed by atoms with Gasteiger partial charge in [0.1, 0.15) is 0 Å². The van der Waals surface area contributed by atoms with Crippen LogP contribution in [0.1, 0.15) is 25.7 Å². The van der Waals surface area contributed by atoms with Crippen LogP contribution in [0.3, 0.4) is 0 Å². The fraction of sp³-hybridized carbons (Fsp3) is 0.933. The van der Waals surface area contributed by atoms with Gasteiger partial charge >= 0.3 is 0 Å². The van der Waals surface area contributed by atoms with Crippen molar-refractivity contribution >= 4 is 30.1 Å². The Kier molecular flexibility index (Phi) is 8.39. The molecular weight excluding hydrogens is 306 g/mol. The van der Waals surface area contributed by atoms with Gasteiger partial charge in [-0.3, -0.25) is 4.79 Å². The predicted octanol–water partition coefficient (Wildman–Crippen LogP) is 1.68. The number of nitrogens with zero attached hydrogens (tertiary/aromatic N) is 2. The number of nitrogens with two attached hydrogens (primary N) is 1. The van der Waals surface area contributed by atoms with Crippen LogP contribution in [0.4, 0.5) is 0 Å². The molecule has 0 radical (unpaired) electrons. The van der Waals surface area contributed by atoms with Gasteiger partial charge in [0, 0.05) is 13.1 Å². The van der Waals surface area contributed by atoms with Crippen molar-refractivity contribution in [2.75, 3.05) is 45.2 Å². The Morgan fingerprint density at radius 2 is 1.86 bits per heavy atom. The number of amides is 1. The van der Waals surface area contributed by atoms with E-state index in [1.54, 1.807) is 11.8 Å². The van der Waals surface area contributed by atoms with Gasteiger partial charge in [-0.1, -0.05) is 0 Å². The lowest BCUT2D eigenvalue weighted by Gasteiger charge is -2.32. The molecule has 2 aliphatic rings. The Labute approximate surface area is 139 Å². The van der Waals surface area contributed by atoms with Crippen molar-refractivity contribution in [1.82, 2.24) is 9.80 Å². The summed E-state index contributed by atoms with van der Waals surface area (Å²) in [5.41, 5.74) is 6.01. The zero-order chi connectivity index (χ0) is 14.5. The number of hydrogen-bond donors (Lipinski definition) is 1. The molecule has 2 N–H and O–H groups in total. The summed E-state index contributed by atoms with van der Waals surface area (Å²) in [5.74, 6) is 2.67. The van der Waals surface area contributed by atoms with Gasteiger partial charge in [-0.15, -0.1) is 12.4 Å². The molecule has 0 aromatic heterocycles. The number of carbonyl (C=O) groups excluding carboxylic acids is 1. The Morgan fingerprint density at radius 3 is 2.48 bits per heavy atom. The van der Waals surface area contributed by atoms with E-state index in [4.69, 9.17) is 5.73 Å². The van der Waals surface area contributed by atoms with Gasteiger partial charge in [0.25, 0.3) is 0 Å². The van der Waals surface area contributed by atoms with Crippen molar-refractivity contribution in [2.24, 2.45) is 17.6 Å². The first-order valence-electron chi connectivity index (χ1n) is 7.83. The summed E-state index contributed by atoms with van der Waals surface area (Å²) in [4.78, 5) is 16.7. The first-order valence-corrected chi connectivity index (χ1v) is 9.23. The molecule has 2 heterocycles. The Bertz CT molecular complexity index is 324.